The van der Waals surface area contributed by atoms with Crippen LogP contribution in [-0.4, -0.2) is 61.1 Å². The van der Waals surface area contributed by atoms with Crippen molar-refractivity contribution in [3.8, 4) is 0 Å². The Bertz CT molecular complexity index is 945. The highest BCUT2D eigenvalue weighted by Crippen LogP contribution is 2.32. The van der Waals surface area contributed by atoms with Crippen LogP contribution in [0, 0.1) is 6.92 Å². The number of rotatable bonds is 9. The second-order valence-corrected chi connectivity index (χ2v) is 9.59. The van der Waals surface area contributed by atoms with Gasteiger partial charge in [0.25, 0.3) is 0 Å². The van der Waals surface area contributed by atoms with Crippen molar-refractivity contribution < 1.29 is 14.3 Å². The van der Waals surface area contributed by atoms with Crippen molar-refractivity contribution in [2.45, 2.75) is 33.2 Å². The number of anilines is 1. The molecule has 1 aromatic heterocycles. The molecular weight excluding hydrogens is 471 g/mol. The first-order valence-corrected chi connectivity index (χ1v) is 12.3. The summed E-state index contributed by atoms with van der Waals surface area (Å²) in [7, 11) is 0. The highest BCUT2D eigenvalue weighted by molar-refractivity contribution is 7.11. The van der Waals surface area contributed by atoms with E-state index in [-0.39, 0.29) is 5.91 Å². The molecular formula is C22H28Cl2N4O3S. The van der Waals surface area contributed by atoms with Crippen LogP contribution in [0.3, 0.4) is 0 Å². The summed E-state index contributed by atoms with van der Waals surface area (Å²) >= 11 is 13.9. The van der Waals surface area contributed by atoms with Gasteiger partial charge in [0, 0.05) is 37.5 Å². The molecule has 0 aliphatic carbocycles. The van der Waals surface area contributed by atoms with E-state index in [1.54, 1.807) is 13.0 Å². The number of hydrogen-bond donors (Lipinski definition) is 1. The lowest BCUT2D eigenvalue weighted by molar-refractivity contribution is -0.121. The molecule has 174 valence electrons. The molecule has 0 unspecified atom stereocenters. The topological polar surface area (TPSA) is 74.8 Å². The number of halogens is 2. The van der Waals surface area contributed by atoms with Gasteiger partial charge in [0.05, 0.1) is 28.9 Å². The predicted octanol–water partition coefficient (Wildman–Crippen LogP) is 4.15. The molecule has 1 aromatic carbocycles. The van der Waals surface area contributed by atoms with Gasteiger partial charge in [-0.2, -0.15) is 0 Å². The number of nitrogens with one attached hydrogen (secondary N) is 1. The monoisotopic (exact) mass is 498 g/mol. The standard InChI is InChI=1S/C22H28Cl2N4O3S/c1-3-31-22(30)21-15(2)32-19(26-21)14-25-18(29)8-5-9-27-10-12-28(13-11-27)17-7-4-6-16(23)20(17)24/h4,6-7H,3,5,8-14H2,1-2H3,(H,25,29). The smallest absolute Gasteiger partial charge is 0.358 e. The number of amides is 1. The fraction of sp³-hybridized carbons (Fsp3) is 0.500. The van der Waals surface area contributed by atoms with E-state index in [1.807, 2.05) is 19.1 Å². The van der Waals surface area contributed by atoms with Crippen molar-refractivity contribution in [3.05, 3.63) is 43.8 Å². The fourth-order valence-corrected chi connectivity index (χ4v) is 4.87. The molecule has 32 heavy (non-hydrogen) atoms. The van der Waals surface area contributed by atoms with Gasteiger partial charge in [0.15, 0.2) is 5.69 Å². The van der Waals surface area contributed by atoms with Crippen LogP contribution in [-0.2, 0) is 16.1 Å². The Morgan fingerprint density at radius 1 is 1.22 bits per heavy atom. The number of aryl methyl sites for hydroxylation is 1. The first kappa shape index (κ1) is 24.8. The molecule has 0 spiro atoms. The Morgan fingerprint density at radius 2 is 1.97 bits per heavy atom. The third-order valence-electron chi connectivity index (χ3n) is 5.27. The number of ether oxygens (including phenoxy) is 1. The number of piperazine rings is 1. The van der Waals surface area contributed by atoms with E-state index in [0.717, 1.165) is 49.7 Å². The first-order chi connectivity index (χ1) is 15.4. The molecule has 1 fully saturated rings. The molecule has 2 heterocycles. The fourth-order valence-electron chi connectivity index (χ4n) is 3.59. The first-order valence-electron chi connectivity index (χ1n) is 10.7. The zero-order chi connectivity index (χ0) is 23.1. The van der Waals surface area contributed by atoms with Crippen molar-refractivity contribution in [3.63, 3.8) is 0 Å². The molecule has 0 radical (unpaired) electrons. The Kier molecular flexibility index (Phi) is 9.16. The normalized spacial score (nSPS) is 14.4. The number of carbonyl (C=O) groups excluding carboxylic acids is 2. The number of benzene rings is 1. The Labute approximate surface area is 202 Å². The van der Waals surface area contributed by atoms with Gasteiger partial charge in [0.1, 0.15) is 5.01 Å². The van der Waals surface area contributed by atoms with E-state index in [4.69, 9.17) is 27.9 Å². The lowest BCUT2D eigenvalue weighted by atomic mass is 10.2. The number of carbonyl (C=O) groups is 2. The van der Waals surface area contributed by atoms with E-state index in [2.05, 4.69) is 20.1 Å². The van der Waals surface area contributed by atoms with Gasteiger partial charge < -0.3 is 15.0 Å². The molecule has 0 saturated carbocycles. The third-order valence-corrected chi connectivity index (χ3v) is 7.05. The second kappa shape index (κ2) is 11.8. The van der Waals surface area contributed by atoms with Crippen LogP contribution in [0.5, 0.6) is 0 Å². The summed E-state index contributed by atoms with van der Waals surface area (Å²) in [5.74, 6) is -0.434. The van der Waals surface area contributed by atoms with Crippen molar-refractivity contribution in [1.29, 1.82) is 0 Å². The van der Waals surface area contributed by atoms with Crippen LogP contribution in [0.4, 0.5) is 5.69 Å². The number of esters is 1. The average Bonchev–Trinajstić information content (AvgIpc) is 3.16. The van der Waals surface area contributed by atoms with Crippen LogP contribution >= 0.6 is 34.5 Å². The molecule has 2 aromatic rings. The summed E-state index contributed by atoms with van der Waals surface area (Å²) in [5.41, 5.74) is 1.31. The number of hydrogen-bond acceptors (Lipinski definition) is 7. The van der Waals surface area contributed by atoms with E-state index >= 15 is 0 Å². The lowest BCUT2D eigenvalue weighted by Gasteiger charge is -2.36. The summed E-state index contributed by atoms with van der Waals surface area (Å²) in [5, 5.41) is 4.77. The predicted molar refractivity (Wildman–Crippen MR) is 129 cm³/mol. The number of aromatic nitrogens is 1. The zero-order valence-electron chi connectivity index (χ0n) is 18.3. The minimum atomic E-state index is -0.420. The third kappa shape index (κ3) is 6.57. The lowest BCUT2D eigenvalue weighted by Crippen LogP contribution is -2.46. The molecule has 0 bridgehead atoms. The molecule has 7 nitrogen and oxygen atoms in total. The summed E-state index contributed by atoms with van der Waals surface area (Å²) < 4.78 is 5.00. The van der Waals surface area contributed by atoms with Crippen molar-refractivity contribution >= 4 is 52.1 Å². The highest BCUT2D eigenvalue weighted by Gasteiger charge is 2.20. The number of nitrogens with zero attached hydrogens (tertiary/aromatic N) is 3. The Balaban J connectivity index is 1.36. The zero-order valence-corrected chi connectivity index (χ0v) is 20.7. The van der Waals surface area contributed by atoms with Gasteiger partial charge in [-0.25, -0.2) is 9.78 Å². The van der Waals surface area contributed by atoms with Gasteiger partial charge in [0.2, 0.25) is 5.91 Å². The van der Waals surface area contributed by atoms with Crippen molar-refractivity contribution in [1.82, 2.24) is 15.2 Å². The maximum atomic E-state index is 12.2. The van der Waals surface area contributed by atoms with Crippen LogP contribution in [0.2, 0.25) is 10.0 Å². The summed E-state index contributed by atoms with van der Waals surface area (Å²) in [6, 6.07) is 5.71. The van der Waals surface area contributed by atoms with Gasteiger partial charge in [-0.1, -0.05) is 29.3 Å². The van der Waals surface area contributed by atoms with Gasteiger partial charge >= 0.3 is 5.97 Å². The van der Waals surface area contributed by atoms with E-state index in [1.165, 1.54) is 11.3 Å². The van der Waals surface area contributed by atoms with Crippen LogP contribution < -0.4 is 10.2 Å². The summed E-state index contributed by atoms with van der Waals surface area (Å²) in [6.07, 6.45) is 1.24. The molecule has 1 N–H and O–H groups in total. The summed E-state index contributed by atoms with van der Waals surface area (Å²) in [4.78, 5) is 33.8. The Hall–Kier alpha value is -1.87. The van der Waals surface area contributed by atoms with Crippen LogP contribution in [0.25, 0.3) is 0 Å². The minimum absolute atomic E-state index is 0.0140. The van der Waals surface area contributed by atoms with Gasteiger partial charge in [-0.3, -0.25) is 9.69 Å². The van der Waals surface area contributed by atoms with E-state index in [9.17, 15) is 9.59 Å². The van der Waals surface area contributed by atoms with Gasteiger partial charge in [-0.05, 0) is 38.9 Å². The Morgan fingerprint density at radius 3 is 2.69 bits per heavy atom. The van der Waals surface area contributed by atoms with Crippen LogP contribution in [0.15, 0.2) is 18.2 Å². The summed E-state index contributed by atoms with van der Waals surface area (Å²) in [6.45, 7) is 8.67. The maximum Gasteiger partial charge on any atom is 0.358 e. The molecule has 1 aliphatic rings. The van der Waals surface area contributed by atoms with Crippen molar-refractivity contribution in [2.24, 2.45) is 0 Å². The minimum Gasteiger partial charge on any atom is -0.461 e. The van der Waals surface area contributed by atoms with E-state index in [0.29, 0.717) is 40.3 Å². The molecule has 1 aliphatic heterocycles. The molecule has 3 rings (SSSR count). The van der Waals surface area contributed by atoms with Crippen molar-refractivity contribution in [2.75, 3.05) is 44.2 Å². The second-order valence-electron chi connectivity index (χ2n) is 7.51. The van der Waals surface area contributed by atoms with Crippen LogP contribution in [0.1, 0.15) is 40.1 Å². The van der Waals surface area contributed by atoms with E-state index < -0.39 is 5.97 Å². The average molecular weight is 499 g/mol. The molecule has 10 heteroatoms. The van der Waals surface area contributed by atoms with Gasteiger partial charge in [-0.15, -0.1) is 11.3 Å². The number of thiazole rings is 1. The SMILES string of the molecule is CCOC(=O)c1nc(CNC(=O)CCCN2CCN(c3cccc(Cl)c3Cl)CC2)sc1C. The quantitative estimate of drug-likeness (QED) is 0.523. The molecule has 0 atom stereocenters. The largest absolute Gasteiger partial charge is 0.461 e. The highest BCUT2D eigenvalue weighted by atomic mass is 35.5. The molecule has 1 saturated heterocycles. The maximum absolute atomic E-state index is 12.2. The molecule has 1 amide bonds.